The van der Waals surface area contributed by atoms with Crippen LogP contribution in [-0.4, -0.2) is 23.9 Å². The first kappa shape index (κ1) is 12.5. The van der Waals surface area contributed by atoms with Crippen molar-refractivity contribution in [1.29, 1.82) is 0 Å². The van der Waals surface area contributed by atoms with E-state index in [1.54, 1.807) is 18.3 Å². The van der Waals surface area contributed by atoms with Crippen molar-refractivity contribution < 1.29 is 9.53 Å². The minimum Gasteiger partial charge on any atom is -0.489 e. The van der Waals surface area contributed by atoms with Crippen molar-refractivity contribution in [3.05, 3.63) is 47.7 Å². The van der Waals surface area contributed by atoms with Gasteiger partial charge in [-0.25, -0.2) is 4.98 Å². The number of ether oxygens (including phenoxy) is 1. The third-order valence-corrected chi connectivity index (χ3v) is 3.26. The number of fused-ring (bicyclic) bond motifs is 1. The minimum absolute atomic E-state index is 0.0229. The van der Waals surface area contributed by atoms with Crippen LogP contribution in [0.4, 0.5) is 11.5 Å². The molecule has 20 heavy (non-hydrogen) atoms. The molecule has 2 aromatic rings. The second-order valence-corrected chi connectivity index (χ2v) is 4.61. The molecule has 0 bridgehead atoms. The van der Waals surface area contributed by atoms with Gasteiger partial charge >= 0.3 is 0 Å². The van der Waals surface area contributed by atoms with E-state index < -0.39 is 0 Å². The average Bonchev–Trinajstić information content (AvgIpc) is 2.49. The van der Waals surface area contributed by atoms with Gasteiger partial charge in [0.25, 0.3) is 0 Å². The molecule has 1 aliphatic rings. The summed E-state index contributed by atoms with van der Waals surface area (Å²) in [5, 5.41) is 3.22. The van der Waals surface area contributed by atoms with E-state index in [-0.39, 0.29) is 12.2 Å². The predicted molar refractivity (Wildman–Crippen MR) is 77.1 cm³/mol. The van der Waals surface area contributed by atoms with Gasteiger partial charge in [0.1, 0.15) is 12.4 Å². The van der Waals surface area contributed by atoms with Gasteiger partial charge in [-0.15, -0.1) is 0 Å². The first-order valence-electron chi connectivity index (χ1n) is 6.48. The molecule has 3 rings (SSSR count). The summed E-state index contributed by atoms with van der Waals surface area (Å²) < 4.78 is 5.61. The number of nitrogens with one attached hydrogen (secondary N) is 1. The van der Waals surface area contributed by atoms with Crippen LogP contribution < -0.4 is 15.8 Å². The molecule has 2 heterocycles. The summed E-state index contributed by atoms with van der Waals surface area (Å²) in [5.41, 5.74) is 7.96. The van der Waals surface area contributed by atoms with E-state index in [0.29, 0.717) is 23.7 Å². The largest absolute Gasteiger partial charge is 0.489 e. The van der Waals surface area contributed by atoms with Gasteiger partial charge in [-0.2, -0.15) is 0 Å². The van der Waals surface area contributed by atoms with Gasteiger partial charge < -0.3 is 15.8 Å². The number of hydrogen-bond acceptors (Lipinski definition) is 5. The summed E-state index contributed by atoms with van der Waals surface area (Å²) >= 11 is 0. The van der Waals surface area contributed by atoms with Crippen LogP contribution >= 0.6 is 0 Å². The normalized spacial score (nSPS) is 13.0. The van der Waals surface area contributed by atoms with Crippen molar-refractivity contribution in [2.24, 2.45) is 0 Å². The summed E-state index contributed by atoms with van der Waals surface area (Å²) in [4.78, 5) is 16.4. The van der Waals surface area contributed by atoms with Crippen molar-refractivity contribution in [1.82, 2.24) is 4.98 Å². The Morgan fingerprint density at radius 2 is 2.25 bits per heavy atom. The van der Waals surface area contributed by atoms with Crippen molar-refractivity contribution in [2.75, 3.05) is 24.2 Å². The molecule has 0 radical (unpaired) electrons. The summed E-state index contributed by atoms with van der Waals surface area (Å²) in [6, 6.07) is 9.12. The predicted octanol–water partition coefficient (Wildman–Crippen LogP) is 1.89. The number of aromatic nitrogens is 1. The monoisotopic (exact) mass is 269 g/mol. The van der Waals surface area contributed by atoms with E-state index >= 15 is 0 Å². The van der Waals surface area contributed by atoms with Crippen molar-refractivity contribution in [3.8, 4) is 5.75 Å². The topological polar surface area (TPSA) is 77.2 Å². The van der Waals surface area contributed by atoms with E-state index in [0.717, 1.165) is 17.8 Å². The van der Waals surface area contributed by atoms with Crippen LogP contribution in [0, 0.1) is 0 Å². The van der Waals surface area contributed by atoms with Crippen molar-refractivity contribution >= 4 is 17.3 Å². The first-order valence-corrected chi connectivity index (χ1v) is 6.48. The van der Waals surface area contributed by atoms with Gasteiger partial charge in [0.2, 0.25) is 0 Å². The lowest BCUT2D eigenvalue weighted by molar-refractivity contribution is 0.0989. The maximum Gasteiger partial charge on any atom is 0.171 e. The highest BCUT2D eigenvalue weighted by Crippen LogP contribution is 2.32. The molecular weight excluding hydrogens is 254 g/mol. The van der Waals surface area contributed by atoms with Crippen LogP contribution in [0.1, 0.15) is 15.9 Å². The molecule has 0 saturated carbocycles. The molecule has 5 heteroatoms. The second kappa shape index (κ2) is 5.21. The minimum atomic E-state index is -0.0229. The second-order valence-electron chi connectivity index (χ2n) is 4.61. The molecule has 5 nitrogen and oxygen atoms in total. The Labute approximate surface area is 116 Å². The lowest BCUT2D eigenvalue weighted by Gasteiger charge is -2.21. The number of Topliss-reactive ketones (excluding diaryl/α,β-unsaturated/α-hetero) is 1. The van der Waals surface area contributed by atoms with Crippen LogP contribution in [0.25, 0.3) is 0 Å². The number of nitrogens with zero attached hydrogens (tertiary/aromatic N) is 1. The zero-order valence-electron chi connectivity index (χ0n) is 10.9. The molecule has 0 aliphatic carbocycles. The fourth-order valence-electron chi connectivity index (χ4n) is 2.26. The Kier molecular flexibility index (Phi) is 3.25. The van der Waals surface area contributed by atoms with Crippen LogP contribution in [0.2, 0.25) is 0 Å². The van der Waals surface area contributed by atoms with Gasteiger partial charge in [-0.1, -0.05) is 12.1 Å². The Hall–Kier alpha value is -2.56. The molecule has 1 aromatic carbocycles. The number of ketones is 1. The fourth-order valence-corrected chi connectivity index (χ4v) is 2.26. The average molecular weight is 269 g/mol. The molecule has 0 atom stereocenters. The Balaban J connectivity index is 1.90. The lowest BCUT2D eigenvalue weighted by Crippen LogP contribution is -2.20. The molecule has 0 amide bonds. The summed E-state index contributed by atoms with van der Waals surface area (Å²) in [6.45, 7) is 1.31. The summed E-state index contributed by atoms with van der Waals surface area (Å²) in [5.74, 6) is 1.00. The van der Waals surface area contributed by atoms with Crippen LogP contribution in [-0.2, 0) is 6.42 Å². The van der Waals surface area contributed by atoms with E-state index in [1.165, 1.54) is 0 Å². The Morgan fingerprint density at radius 1 is 1.35 bits per heavy atom. The van der Waals surface area contributed by atoms with Gasteiger partial charge in [0.15, 0.2) is 11.5 Å². The number of carbonyl (C=O) groups is 1. The molecular formula is C15H15N3O2. The zero-order valence-corrected chi connectivity index (χ0v) is 10.9. The van der Waals surface area contributed by atoms with Crippen LogP contribution in [0.3, 0.4) is 0 Å². The highest BCUT2D eigenvalue weighted by molar-refractivity contribution is 6.02. The number of benzene rings is 1. The number of nitrogen functional groups attached to an aromatic ring is 1. The van der Waals surface area contributed by atoms with Gasteiger partial charge in [0, 0.05) is 24.7 Å². The highest BCUT2D eigenvalue weighted by Gasteiger charge is 2.19. The van der Waals surface area contributed by atoms with Crippen molar-refractivity contribution in [3.63, 3.8) is 0 Å². The molecule has 3 N–H and O–H groups in total. The van der Waals surface area contributed by atoms with Crippen molar-refractivity contribution in [2.45, 2.75) is 6.42 Å². The number of nitrogens with two attached hydrogens (primary N) is 1. The maximum absolute atomic E-state index is 12.4. The quantitative estimate of drug-likeness (QED) is 0.832. The van der Waals surface area contributed by atoms with Gasteiger partial charge in [-0.3, -0.25) is 4.79 Å². The number of anilines is 2. The SMILES string of the molecule is Nc1ncccc1CC(=O)c1cccc2c1OCCN2. The zero-order chi connectivity index (χ0) is 13.9. The molecule has 0 spiro atoms. The van der Waals surface area contributed by atoms with Gasteiger partial charge in [-0.05, 0) is 18.2 Å². The highest BCUT2D eigenvalue weighted by atomic mass is 16.5. The number of hydrogen-bond donors (Lipinski definition) is 2. The number of para-hydroxylation sites is 1. The maximum atomic E-state index is 12.4. The molecule has 102 valence electrons. The van der Waals surface area contributed by atoms with E-state index in [4.69, 9.17) is 10.5 Å². The third kappa shape index (κ3) is 2.30. The number of rotatable bonds is 3. The summed E-state index contributed by atoms with van der Waals surface area (Å²) in [7, 11) is 0. The fraction of sp³-hybridized carbons (Fsp3) is 0.200. The van der Waals surface area contributed by atoms with Crippen LogP contribution in [0.5, 0.6) is 5.75 Å². The summed E-state index contributed by atoms with van der Waals surface area (Å²) in [6.07, 6.45) is 1.83. The standard InChI is InChI=1S/C15H15N3O2/c16-15-10(3-2-6-18-15)9-13(19)11-4-1-5-12-14(11)20-8-7-17-12/h1-6,17H,7-9H2,(H2,16,18). The smallest absolute Gasteiger partial charge is 0.171 e. The Morgan fingerprint density at radius 3 is 3.10 bits per heavy atom. The lowest BCUT2D eigenvalue weighted by atomic mass is 10.0. The molecule has 0 saturated heterocycles. The molecule has 0 fully saturated rings. The number of carbonyl (C=O) groups excluding carboxylic acids is 1. The van der Waals surface area contributed by atoms with Crippen LogP contribution in [0.15, 0.2) is 36.5 Å². The van der Waals surface area contributed by atoms with E-state index in [1.807, 2.05) is 18.2 Å². The Bertz CT molecular complexity index is 655. The molecule has 1 aliphatic heterocycles. The molecule has 0 unspecified atom stereocenters. The number of pyridine rings is 1. The van der Waals surface area contributed by atoms with E-state index in [9.17, 15) is 4.79 Å². The molecule has 1 aromatic heterocycles. The van der Waals surface area contributed by atoms with Gasteiger partial charge in [0.05, 0.1) is 11.3 Å². The van der Waals surface area contributed by atoms with E-state index in [2.05, 4.69) is 10.3 Å². The third-order valence-electron chi connectivity index (χ3n) is 3.26. The first-order chi connectivity index (χ1) is 9.75.